The van der Waals surface area contributed by atoms with Gasteiger partial charge in [-0.2, -0.15) is 0 Å². The van der Waals surface area contributed by atoms with Gasteiger partial charge in [0.1, 0.15) is 11.5 Å². The quantitative estimate of drug-likeness (QED) is 0.214. The predicted octanol–water partition coefficient (Wildman–Crippen LogP) is 6.20. The zero-order valence-corrected chi connectivity index (χ0v) is 17.9. The van der Waals surface area contributed by atoms with Crippen LogP contribution in [0.3, 0.4) is 0 Å². The van der Waals surface area contributed by atoms with Crippen molar-refractivity contribution in [2.24, 2.45) is 0 Å². The molecule has 0 aliphatic heterocycles. The van der Waals surface area contributed by atoms with E-state index in [1.54, 1.807) is 54.5 Å². The number of allylic oxidation sites excluding steroid dienone is 1. The van der Waals surface area contributed by atoms with Crippen LogP contribution in [0, 0.1) is 0 Å². The number of hydrogen-bond donors (Lipinski definition) is 1. The van der Waals surface area contributed by atoms with Crippen molar-refractivity contribution in [2.45, 2.75) is 10.1 Å². The van der Waals surface area contributed by atoms with Crippen LogP contribution in [0.2, 0.25) is 0 Å². The summed E-state index contributed by atoms with van der Waals surface area (Å²) in [5, 5.41) is 9.84. The molecule has 0 bridgehead atoms. The van der Waals surface area contributed by atoms with Crippen LogP contribution in [0.5, 0.6) is 11.5 Å². The first-order valence-corrected chi connectivity index (χ1v) is 11.1. The third kappa shape index (κ3) is 4.56. The number of aromatic nitrogens is 1. The van der Waals surface area contributed by atoms with E-state index in [9.17, 15) is 9.90 Å². The Bertz CT molecular complexity index is 1200. The highest BCUT2D eigenvalue weighted by Crippen LogP contribution is 2.34. The normalized spacial score (nSPS) is 11.2. The second-order valence-corrected chi connectivity index (χ2v) is 8.78. The van der Waals surface area contributed by atoms with E-state index in [4.69, 9.17) is 4.74 Å². The molecule has 6 heteroatoms. The highest BCUT2D eigenvalue weighted by atomic mass is 32.2. The summed E-state index contributed by atoms with van der Waals surface area (Å²) in [7, 11) is 1.65. The fraction of sp³-hybridized carbons (Fsp3) is 0.0833. The van der Waals surface area contributed by atoms with Gasteiger partial charge in [0.15, 0.2) is 10.1 Å². The van der Waals surface area contributed by atoms with Crippen molar-refractivity contribution in [1.29, 1.82) is 0 Å². The molecule has 3 aromatic carbocycles. The highest BCUT2D eigenvalue weighted by Gasteiger charge is 2.09. The maximum atomic E-state index is 12.4. The zero-order chi connectivity index (χ0) is 20.9. The number of carbonyl (C=O) groups excluding carboxylic acids is 1. The Labute approximate surface area is 182 Å². The lowest BCUT2D eigenvalue weighted by atomic mass is 10.1. The summed E-state index contributed by atoms with van der Waals surface area (Å²) < 4.78 is 7.68. The van der Waals surface area contributed by atoms with Gasteiger partial charge >= 0.3 is 0 Å². The Morgan fingerprint density at radius 2 is 1.93 bits per heavy atom. The van der Waals surface area contributed by atoms with E-state index in [1.165, 1.54) is 16.8 Å². The molecule has 0 spiro atoms. The van der Waals surface area contributed by atoms with Crippen molar-refractivity contribution in [3.8, 4) is 11.5 Å². The molecule has 0 atom stereocenters. The van der Waals surface area contributed by atoms with Gasteiger partial charge in [-0.15, -0.1) is 11.3 Å². The molecule has 4 nitrogen and oxygen atoms in total. The van der Waals surface area contributed by atoms with Gasteiger partial charge in [-0.3, -0.25) is 4.79 Å². The SMILES string of the molecule is COc1ccc(/C=C/C(=O)c2ccccc2O)cc1CSc1nc2ccccc2s1. The molecule has 0 saturated carbocycles. The van der Waals surface area contributed by atoms with Crippen molar-refractivity contribution < 1.29 is 14.6 Å². The number of ketones is 1. The molecule has 1 aromatic heterocycles. The minimum atomic E-state index is -0.241. The van der Waals surface area contributed by atoms with Gasteiger partial charge in [0, 0.05) is 11.3 Å². The lowest BCUT2D eigenvalue weighted by Gasteiger charge is -2.08. The van der Waals surface area contributed by atoms with Gasteiger partial charge < -0.3 is 9.84 Å². The Hall–Kier alpha value is -3.09. The summed E-state index contributed by atoms with van der Waals surface area (Å²) in [6, 6.07) is 20.4. The number of benzene rings is 3. The highest BCUT2D eigenvalue weighted by molar-refractivity contribution is 8.00. The molecular formula is C24H19NO3S2. The van der Waals surface area contributed by atoms with Crippen LogP contribution in [-0.2, 0) is 5.75 Å². The number of fused-ring (bicyclic) bond motifs is 1. The summed E-state index contributed by atoms with van der Waals surface area (Å²) in [5.41, 5.74) is 3.21. The number of para-hydroxylation sites is 2. The molecule has 4 rings (SSSR count). The molecule has 1 heterocycles. The van der Waals surface area contributed by atoms with E-state index in [0.717, 1.165) is 26.7 Å². The number of aromatic hydroxyl groups is 1. The van der Waals surface area contributed by atoms with Gasteiger partial charge in [0.25, 0.3) is 0 Å². The lowest BCUT2D eigenvalue weighted by Crippen LogP contribution is -1.95. The van der Waals surface area contributed by atoms with Crippen LogP contribution in [-0.4, -0.2) is 23.0 Å². The smallest absolute Gasteiger partial charge is 0.189 e. The lowest BCUT2D eigenvalue weighted by molar-refractivity contribution is 0.104. The average molecular weight is 434 g/mol. The number of methoxy groups -OCH3 is 1. The molecule has 150 valence electrons. The van der Waals surface area contributed by atoms with Crippen molar-refractivity contribution in [2.75, 3.05) is 7.11 Å². The van der Waals surface area contributed by atoms with Gasteiger partial charge in [-0.25, -0.2) is 4.98 Å². The van der Waals surface area contributed by atoms with Crippen LogP contribution < -0.4 is 4.74 Å². The standard InChI is InChI=1S/C24H19NO3S2/c1-28-22-13-11-16(10-12-21(27)18-6-2-4-8-20(18)26)14-17(22)15-29-24-25-19-7-3-5-9-23(19)30-24/h2-14,26H,15H2,1H3/b12-10+. The topological polar surface area (TPSA) is 59.4 Å². The van der Waals surface area contributed by atoms with Gasteiger partial charge in [-0.05, 0) is 48.0 Å². The fourth-order valence-electron chi connectivity index (χ4n) is 3.01. The van der Waals surface area contributed by atoms with E-state index >= 15 is 0 Å². The second kappa shape index (κ2) is 9.15. The maximum absolute atomic E-state index is 12.4. The van der Waals surface area contributed by atoms with Crippen LogP contribution in [0.25, 0.3) is 16.3 Å². The van der Waals surface area contributed by atoms with E-state index < -0.39 is 0 Å². The summed E-state index contributed by atoms with van der Waals surface area (Å²) >= 11 is 3.34. The molecule has 0 saturated heterocycles. The zero-order valence-electron chi connectivity index (χ0n) is 16.2. The average Bonchev–Trinajstić information content (AvgIpc) is 3.19. The summed E-state index contributed by atoms with van der Waals surface area (Å²) in [4.78, 5) is 17.0. The molecule has 0 unspecified atom stereocenters. The van der Waals surface area contributed by atoms with E-state index in [-0.39, 0.29) is 17.1 Å². The third-order valence-corrected chi connectivity index (χ3v) is 6.75. The number of ether oxygens (including phenoxy) is 1. The number of thiazole rings is 1. The van der Waals surface area contributed by atoms with Crippen molar-refractivity contribution in [3.05, 3.63) is 89.5 Å². The minimum Gasteiger partial charge on any atom is -0.507 e. The van der Waals surface area contributed by atoms with Crippen LogP contribution in [0.1, 0.15) is 21.5 Å². The van der Waals surface area contributed by atoms with Crippen LogP contribution >= 0.6 is 23.1 Å². The number of thioether (sulfide) groups is 1. The first kappa shape index (κ1) is 20.2. The molecule has 4 aromatic rings. The summed E-state index contributed by atoms with van der Waals surface area (Å²) in [6.07, 6.45) is 3.22. The monoisotopic (exact) mass is 433 g/mol. The number of phenolic OH excluding ortho intramolecular Hbond substituents is 1. The minimum absolute atomic E-state index is 0.0187. The maximum Gasteiger partial charge on any atom is 0.189 e. The number of nitrogens with zero attached hydrogens (tertiary/aromatic N) is 1. The Balaban J connectivity index is 1.51. The van der Waals surface area contributed by atoms with Crippen molar-refractivity contribution in [3.63, 3.8) is 0 Å². The number of hydrogen-bond acceptors (Lipinski definition) is 6. The number of carbonyl (C=O) groups is 1. The molecule has 30 heavy (non-hydrogen) atoms. The van der Waals surface area contributed by atoms with Crippen LogP contribution in [0.4, 0.5) is 0 Å². The van der Waals surface area contributed by atoms with Gasteiger partial charge in [0.05, 0.1) is 22.9 Å². The predicted molar refractivity (Wildman–Crippen MR) is 124 cm³/mol. The Morgan fingerprint density at radius 1 is 1.13 bits per heavy atom. The third-order valence-electron chi connectivity index (χ3n) is 4.53. The molecule has 0 aliphatic rings. The molecule has 0 aliphatic carbocycles. The Kier molecular flexibility index (Phi) is 6.16. The van der Waals surface area contributed by atoms with E-state index in [2.05, 4.69) is 11.1 Å². The molecule has 1 N–H and O–H groups in total. The second-order valence-electron chi connectivity index (χ2n) is 6.52. The molecule has 0 radical (unpaired) electrons. The first-order valence-electron chi connectivity index (χ1n) is 9.30. The summed E-state index contributed by atoms with van der Waals surface area (Å²) in [6.45, 7) is 0. The fourth-order valence-corrected chi connectivity index (χ4v) is 5.06. The van der Waals surface area contributed by atoms with Gasteiger partial charge in [-0.1, -0.05) is 48.2 Å². The van der Waals surface area contributed by atoms with Crippen LogP contribution in [0.15, 0.2) is 77.1 Å². The molecule has 0 fully saturated rings. The molecule has 0 amide bonds. The van der Waals surface area contributed by atoms with E-state index in [1.807, 2.05) is 36.4 Å². The first-order chi connectivity index (χ1) is 14.6. The molecular weight excluding hydrogens is 414 g/mol. The largest absolute Gasteiger partial charge is 0.507 e. The number of phenols is 1. The van der Waals surface area contributed by atoms with Crippen molar-refractivity contribution in [1.82, 2.24) is 4.98 Å². The van der Waals surface area contributed by atoms with E-state index in [0.29, 0.717) is 5.75 Å². The van der Waals surface area contributed by atoms with Crippen molar-refractivity contribution >= 4 is 45.2 Å². The summed E-state index contributed by atoms with van der Waals surface area (Å²) in [5.74, 6) is 1.25. The van der Waals surface area contributed by atoms with Gasteiger partial charge in [0.2, 0.25) is 0 Å². The number of rotatable bonds is 7. The Morgan fingerprint density at radius 3 is 2.73 bits per heavy atom.